The van der Waals surface area contributed by atoms with E-state index in [1.807, 2.05) is 6.92 Å². The Balaban J connectivity index is 1.68. The number of nitrogens with one attached hydrogen (secondary N) is 2. The van der Waals surface area contributed by atoms with Gasteiger partial charge in [0.25, 0.3) is 5.91 Å². The van der Waals surface area contributed by atoms with E-state index in [2.05, 4.69) is 20.8 Å². The molecule has 1 saturated heterocycles. The highest BCUT2D eigenvalue weighted by Crippen LogP contribution is 2.12. The van der Waals surface area contributed by atoms with E-state index in [1.165, 1.54) is 11.3 Å². The highest BCUT2D eigenvalue weighted by atomic mass is 32.1. The molecule has 4 N–H and O–H groups in total. The lowest BCUT2D eigenvalue weighted by Gasteiger charge is -2.11. The maximum absolute atomic E-state index is 12.0. The molecule has 1 aromatic rings. The van der Waals surface area contributed by atoms with Crippen molar-refractivity contribution in [3.63, 3.8) is 0 Å². The number of hydrogen-bond donors (Lipinski definition) is 3. The molecule has 9 nitrogen and oxygen atoms in total. The SMILES string of the molecule is CCCN1C(=O)N[C@@H](CC(=O)NCCCc2nnc(N)s2)C1=O. The quantitative estimate of drug-likeness (QED) is 0.447. The Morgan fingerprint density at radius 1 is 1.43 bits per heavy atom. The van der Waals surface area contributed by atoms with Gasteiger partial charge in [-0.2, -0.15) is 0 Å². The monoisotopic (exact) mass is 340 g/mol. The van der Waals surface area contributed by atoms with Crippen molar-refractivity contribution in [3.8, 4) is 0 Å². The molecule has 23 heavy (non-hydrogen) atoms. The zero-order valence-corrected chi connectivity index (χ0v) is 13.7. The van der Waals surface area contributed by atoms with Crippen LogP contribution in [0.3, 0.4) is 0 Å². The van der Waals surface area contributed by atoms with Gasteiger partial charge in [0.2, 0.25) is 11.0 Å². The zero-order chi connectivity index (χ0) is 16.8. The number of aryl methyl sites for hydroxylation is 1. The van der Waals surface area contributed by atoms with Crippen LogP contribution in [0.2, 0.25) is 0 Å². The topological polar surface area (TPSA) is 130 Å². The summed E-state index contributed by atoms with van der Waals surface area (Å²) in [5.41, 5.74) is 5.48. The summed E-state index contributed by atoms with van der Waals surface area (Å²) < 4.78 is 0. The molecular weight excluding hydrogens is 320 g/mol. The second-order valence-electron chi connectivity index (χ2n) is 5.18. The third-order valence-corrected chi connectivity index (χ3v) is 4.13. The van der Waals surface area contributed by atoms with Gasteiger partial charge in [0, 0.05) is 19.5 Å². The van der Waals surface area contributed by atoms with Crippen molar-refractivity contribution in [2.45, 2.75) is 38.6 Å². The van der Waals surface area contributed by atoms with Crippen molar-refractivity contribution < 1.29 is 14.4 Å². The molecule has 0 spiro atoms. The average Bonchev–Trinajstić information content (AvgIpc) is 3.03. The molecule has 1 aliphatic heterocycles. The van der Waals surface area contributed by atoms with Crippen LogP contribution in [0.15, 0.2) is 0 Å². The minimum Gasteiger partial charge on any atom is -0.374 e. The summed E-state index contributed by atoms with van der Waals surface area (Å²) in [5.74, 6) is -0.602. The predicted octanol–water partition coefficient (Wildman–Crippen LogP) is -0.110. The van der Waals surface area contributed by atoms with E-state index in [4.69, 9.17) is 5.73 Å². The fourth-order valence-corrected chi connectivity index (χ4v) is 2.89. The van der Waals surface area contributed by atoms with Crippen LogP contribution in [0.25, 0.3) is 0 Å². The standard InChI is InChI=1S/C13H20N6O3S/c1-2-6-19-11(21)8(16-13(19)22)7-9(20)15-5-3-4-10-17-18-12(14)23-10/h8H,2-7H2,1H3,(H2,14,18)(H,15,20)(H,16,22)/t8-/m0/s1. The van der Waals surface area contributed by atoms with Crippen LogP contribution in [0.1, 0.15) is 31.2 Å². The van der Waals surface area contributed by atoms with Crippen LogP contribution in [0, 0.1) is 0 Å². The number of hydrogen-bond acceptors (Lipinski definition) is 7. The first-order valence-corrected chi connectivity index (χ1v) is 8.29. The first kappa shape index (κ1) is 17.1. The minimum atomic E-state index is -0.767. The van der Waals surface area contributed by atoms with Gasteiger partial charge >= 0.3 is 6.03 Å². The second-order valence-corrected chi connectivity index (χ2v) is 6.28. The van der Waals surface area contributed by atoms with Crippen molar-refractivity contribution in [2.75, 3.05) is 18.8 Å². The van der Waals surface area contributed by atoms with Crippen LogP contribution in [-0.4, -0.2) is 52.1 Å². The van der Waals surface area contributed by atoms with Crippen LogP contribution >= 0.6 is 11.3 Å². The van der Waals surface area contributed by atoms with Crippen LogP contribution in [-0.2, 0) is 16.0 Å². The van der Waals surface area contributed by atoms with Gasteiger partial charge in [-0.25, -0.2) is 4.79 Å². The van der Waals surface area contributed by atoms with E-state index in [0.717, 1.165) is 9.91 Å². The maximum Gasteiger partial charge on any atom is 0.324 e. The summed E-state index contributed by atoms with van der Waals surface area (Å²) in [7, 11) is 0. The Morgan fingerprint density at radius 3 is 2.87 bits per heavy atom. The number of nitrogens with zero attached hydrogens (tertiary/aromatic N) is 3. The molecule has 0 radical (unpaired) electrons. The van der Waals surface area contributed by atoms with E-state index in [1.54, 1.807) is 0 Å². The van der Waals surface area contributed by atoms with E-state index < -0.39 is 12.1 Å². The lowest BCUT2D eigenvalue weighted by molar-refractivity contribution is -0.130. The van der Waals surface area contributed by atoms with Gasteiger partial charge in [-0.15, -0.1) is 10.2 Å². The lowest BCUT2D eigenvalue weighted by Crippen LogP contribution is -2.37. The Kier molecular flexibility index (Phi) is 5.85. The molecule has 0 aliphatic carbocycles. The molecule has 0 unspecified atom stereocenters. The van der Waals surface area contributed by atoms with E-state index in [-0.39, 0.29) is 18.2 Å². The molecule has 1 fully saturated rings. The van der Waals surface area contributed by atoms with Crippen molar-refractivity contribution in [1.82, 2.24) is 25.7 Å². The van der Waals surface area contributed by atoms with Gasteiger partial charge in [0.1, 0.15) is 11.0 Å². The van der Waals surface area contributed by atoms with Crippen molar-refractivity contribution in [2.24, 2.45) is 0 Å². The number of rotatable bonds is 8. The van der Waals surface area contributed by atoms with Gasteiger partial charge in [-0.1, -0.05) is 18.3 Å². The summed E-state index contributed by atoms with van der Waals surface area (Å²) in [6.07, 6.45) is 2.02. The van der Waals surface area contributed by atoms with Gasteiger partial charge in [0.05, 0.1) is 6.42 Å². The molecule has 0 aromatic carbocycles. The predicted molar refractivity (Wildman–Crippen MR) is 84.6 cm³/mol. The number of nitrogen functional groups attached to an aromatic ring is 1. The number of aromatic nitrogens is 2. The number of anilines is 1. The first-order chi connectivity index (χ1) is 11.0. The summed E-state index contributed by atoms with van der Waals surface area (Å²) in [6, 6.07) is -1.19. The summed E-state index contributed by atoms with van der Waals surface area (Å²) in [4.78, 5) is 36.6. The van der Waals surface area contributed by atoms with Crippen molar-refractivity contribution in [3.05, 3.63) is 5.01 Å². The summed E-state index contributed by atoms with van der Waals surface area (Å²) in [6.45, 7) is 2.71. The molecule has 0 saturated carbocycles. The maximum atomic E-state index is 12.0. The highest BCUT2D eigenvalue weighted by Gasteiger charge is 2.38. The van der Waals surface area contributed by atoms with Crippen LogP contribution in [0.5, 0.6) is 0 Å². The van der Waals surface area contributed by atoms with Crippen LogP contribution < -0.4 is 16.4 Å². The number of nitrogens with two attached hydrogens (primary N) is 1. The third kappa shape index (κ3) is 4.62. The summed E-state index contributed by atoms with van der Waals surface area (Å²) in [5, 5.41) is 14.1. The molecule has 0 bridgehead atoms. The Bertz CT molecular complexity index is 590. The number of carbonyl (C=O) groups is 3. The number of amides is 4. The average molecular weight is 340 g/mol. The number of imide groups is 1. The largest absolute Gasteiger partial charge is 0.374 e. The van der Waals surface area contributed by atoms with Gasteiger partial charge in [0.15, 0.2) is 0 Å². The lowest BCUT2D eigenvalue weighted by atomic mass is 10.2. The number of carbonyl (C=O) groups excluding carboxylic acids is 3. The van der Waals surface area contributed by atoms with E-state index in [0.29, 0.717) is 37.5 Å². The third-order valence-electron chi connectivity index (χ3n) is 3.32. The molecular formula is C13H20N6O3S. The zero-order valence-electron chi connectivity index (χ0n) is 12.9. The fourth-order valence-electron chi connectivity index (χ4n) is 2.24. The Hall–Kier alpha value is -2.23. The van der Waals surface area contributed by atoms with E-state index >= 15 is 0 Å². The molecule has 2 heterocycles. The van der Waals surface area contributed by atoms with E-state index in [9.17, 15) is 14.4 Å². The Labute approximate surface area is 137 Å². The molecule has 10 heteroatoms. The fraction of sp³-hybridized carbons (Fsp3) is 0.615. The van der Waals surface area contributed by atoms with Gasteiger partial charge < -0.3 is 16.4 Å². The van der Waals surface area contributed by atoms with Crippen molar-refractivity contribution >= 4 is 34.3 Å². The molecule has 126 valence electrons. The van der Waals surface area contributed by atoms with Gasteiger partial charge in [-0.05, 0) is 12.8 Å². The molecule has 4 amide bonds. The van der Waals surface area contributed by atoms with Gasteiger partial charge in [-0.3, -0.25) is 14.5 Å². The molecule has 1 atom stereocenters. The second kappa shape index (κ2) is 7.86. The molecule has 1 aromatic heterocycles. The van der Waals surface area contributed by atoms with Crippen LogP contribution in [0.4, 0.5) is 9.93 Å². The first-order valence-electron chi connectivity index (χ1n) is 7.47. The molecule has 2 rings (SSSR count). The minimum absolute atomic E-state index is 0.0451. The smallest absolute Gasteiger partial charge is 0.324 e. The Morgan fingerprint density at radius 2 is 2.22 bits per heavy atom. The molecule has 1 aliphatic rings. The number of urea groups is 1. The highest BCUT2D eigenvalue weighted by molar-refractivity contribution is 7.15. The summed E-state index contributed by atoms with van der Waals surface area (Å²) >= 11 is 1.32. The van der Waals surface area contributed by atoms with Crippen molar-refractivity contribution in [1.29, 1.82) is 0 Å². The normalized spacial score (nSPS) is 17.4.